The Kier molecular flexibility index (Phi) is 3.24. The number of H-pyrrole nitrogens is 1. The summed E-state index contributed by atoms with van der Waals surface area (Å²) in [4.78, 5) is 13.5. The summed E-state index contributed by atoms with van der Waals surface area (Å²) in [6, 6.07) is 4.99. The second kappa shape index (κ2) is 4.51. The number of benzene rings is 1. The van der Waals surface area contributed by atoms with E-state index in [4.69, 9.17) is 0 Å². The third-order valence-electron chi connectivity index (χ3n) is 2.56. The molecule has 2 aromatic rings. The lowest BCUT2D eigenvalue weighted by Crippen LogP contribution is -2.28. The topological polar surface area (TPSA) is 76.2 Å². The molecule has 108 valence electrons. The number of hydrogen-bond acceptors (Lipinski definition) is 4. The third-order valence-corrected chi connectivity index (χ3v) is 3.52. The summed E-state index contributed by atoms with van der Waals surface area (Å²) in [6.07, 6.45) is 0. The molecule has 2 rings (SSSR count). The minimum Gasteiger partial charge on any atom is -0.374 e. The Morgan fingerprint density at radius 2 is 1.80 bits per heavy atom. The highest BCUT2D eigenvalue weighted by molar-refractivity contribution is 7.88. The van der Waals surface area contributed by atoms with Gasteiger partial charge in [-0.2, -0.15) is 21.6 Å². The molecule has 0 spiro atoms. The average Bonchev–Trinajstić information content (AvgIpc) is 2.31. The van der Waals surface area contributed by atoms with E-state index in [1.165, 1.54) is 18.2 Å². The fourth-order valence-corrected chi connectivity index (χ4v) is 2.08. The standard InChI is InChI=1S/C11H8F3NO4S/c1-6-2-4-8(19-20(17,18)11(12,13)14)10-7(6)3-5-9(16)15-10/h2-5H,1H3,(H,15,16). The molecule has 0 bridgehead atoms. The first-order valence-electron chi connectivity index (χ1n) is 5.25. The molecule has 20 heavy (non-hydrogen) atoms. The molecule has 0 fully saturated rings. The van der Waals surface area contributed by atoms with Gasteiger partial charge in [0.15, 0.2) is 5.75 Å². The second-order valence-corrected chi connectivity index (χ2v) is 5.51. The Bertz CT molecular complexity index is 824. The molecule has 0 aliphatic heterocycles. The third kappa shape index (κ3) is 2.48. The number of hydrogen-bond donors (Lipinski definition) is 1. The van der Waals surface area contributed by atoms with Crippen LogP contribution in [0.25, 0.3) is 10.9 Å². The molecule has 0 saturated heterocycles. The van der Waals surface area contributed by atoms with E-state index in [2.05, 4.69) is 9.17 Å². The summed E-state index contributed by atoms with van der Waals surface area (Å²) in [6.45, 7) is 1.66. The first-order valence-corrected chi connectivity index (χ1v) is 6.66. The van der Waals surface area contributed by atoms with Crippen LogP contribution in [0.15, 0.2) is 29.1 Å². The van der Waals surface area contributed by atoms with Gasteiger partial charge in [-0.3, -0.25) is 4.79 Å². The number of rotatable bonds is 2. The molecule has 0 radical (unpaired) electrons. The maximum Gasteiger partial charge on any atom is 0.534 e. The van der Waals surface area contributed by atoms with E-state index in [1.54, 1.807) is 6.92 Å². The highest BCUT2D eigenvalue weighted by Crippen LogP contribution is 2.31. The molecular weight excluding hydrogens is 299 g/mol. The van der Waals surface area contributed by atoms with Crippen molar-refractivity contribution in [1.29, 1.82) is 0 Å². The summed E-state index contributed by atoms with van der Waals surface area (Å²) in [5.74, 6) is -0.583. The van der Waals surface area contributed by atoms with Crippen molar-refractivity contribution in [2.45, 2.75) is 12.4 Å². The maximum absolute atomic E-state index is 12.3. The summed E-state index contributed by atoms with van der Waals surface area (Å²) < 4.78 is 62.9. The van der Waals surface area contributed by atoms with Gasteiger partial charge in [-0.05, 0) is 24.6 Å². The van der Waals surface area contributed by atoms with Crippen LogP contribution in [0.5, 0.6) is 5.75 Å². The lowest BCUT2D eigenvalue weighted by molar-refractivity contribution is -0.0499. The van der Waals surface area contributed by atoms with Crippen LogP contribution in [0.4, 0.5) is 13.2 Å². The molecule has 1 aromatic heterocycles. The van der Waals surface area contributed by atoms with Gasteiger partial charge in [-0.1, -0.05) is 6.07 Å². The summed E-state index contributed by atoms with van der Waals surface area (Å²) >= 11 is 0. The monoisotopic (exact) mass is 307 g/mol. The lowest BCUT2D eigenvalue weighted by atomic mass is 10.1. The van der Waals surface area contributed by atoms with Crippen molar-refractivity contribution < 1.29 is 25.8 Å². The highest BCUT2D eigenvalue weighted by atomic mass is 32.2. The van der Waals surface area contributed by atoms with Crippen molar-refractivity contribution in [2.75, 3.05) is 0 Å². The minimum atomic E-state index is -5.79. The Balaban J connectivity index is 2.65. The van der Waals surface area contributed by atoms with Crippen molar-refractivity contribution in [2.24, 2.45) is 0 Å². The molecule has 0 amide bonds. The van der Waals surface area contributed by atoms with Crippen molar-refractivity contribution in [3.8, 4) is 5.75 Å². The Hall–Kier alpha value is -2.03. The smallest absolute Gasteiger partial charge is 0.374 e. The van der Waals surface area contributed by atoms with E-state index >= 15 is 0 Å². The quantitative estimate of drug-likeness (QED) is 0.680. The van der Waals surface area contributed by atoms with Crippen molar-refractivity contribution in [1.82, 2.24) is 4.98 Å². The fourth-order valence-electron chi connectivity index (χ4n) is 1.61. The Morgan fingerprint density at radius 3 is 2.40 bits per heavy atom. The normalized spacial score (nSPS) is 12.6. The van der Waals surface area contributed by atoms with Crippen molar-refractivity contribution in [3.63, 3.8) is 0 Å². The molecular formula is C11H8F3NO4S. The SMILES string of the molecule is Cc1ccc(OS(=O)(=O)C(F)(F)F)c2[nH]c(=O)ccc12. The van der Waals surface area contributed by atoms with Gasteiger partial charge in [0, 0.05) is 11.5 Å². The Labute approximate surface area is 111 Å². The molecule has 0 aliphatic rings. The number of aromatic amines is 1. The Morgan fingerprint density at radius 1 is 1.15 bits per heavy atom. The zero-order valence-corrected chi connectivity index (χ0v) is 10.8. The van der Waals surface area contributed by atoms with E-state index in [0.29, 0.717) is 10.9 Å². The highest BCUT2D eigenvalue weighted by Gasteiger charge is 2.48. The zero-order valence-electron chi connectivity index (χ0n) is 9.98. The lowest BCUT2D eigenvalue weighted by Gasteiger charge is -2.12. The number of alkyl halides is 3. The van der Waals surface area contributed by atoms with Gasteiger partial charge in [-0.25, -0.2) is 0 Å². The van der Waals surface area contributed by atoms with Gasteiger partial charge in [0.05, 0.1) is 5.52 Å². The van der Waals surface area contributed by atoms with Crippen LogP contribution in [0, 0.1) is 6.92 Å². The molecule has 5 nitrogen and oxygen atoms in total. The van der Waals surface area contributed by atoms with Crippen LogP contribution in [0.3, 0.4) is 0 Å². The van der Waals surface area contributed by atoms with E-state index in [1.807, 2.05) is 0 Å². The molecule has 0 atom stereocenters. The van der Waals surface area contributed by atoms with Crippen LogP contribution >= 0.6 is 0 Å². The molecule has 0 unspecified atom stereocenters. The first-order chi connectivity index (χ1) is 9.12. The van der Waals surface area contributed by atoms with Gasteiger partial charge >= 0.3 is 15.6 Å². The molecule has 0 aliphatic carbocycles. The van der Waals surface area contributed by atoms with Crippen molar-refractivity contribution in [3.05, 3.63) is 40.2 Å². The fraction of sp³-hybridized carbons (Fsp3) is 0.182. The van der Waals surface area contributed by atoms with Crippen LogP contribution in [-0.2, 0) is 10.1 Å². The van der Waals surface area contributed by atoms with Crippen LogP contribution in [-0.4, -0.2) is 18.9 Å². The first kappa shape index (κ1) is 14.4. The average molecular weight is 307 g/mol. The number of aryl methyl sites for hydroxylation is 1. The second-order valence-electron chi connectivity index (χ2n) is 3.98. The van der Waals surface area contributed by atoms with E-state index in [-0.39, 0.29) is 5.52 Å². The van der Waals surface area contributed by atoms with E-state index in [0.717, 1.165) is 6.07 Å². The predicted molar refractivity (Wildman–Crippen MR) is 64.9 cm³/mol. The van der Waals surface area contributed by atoms with Crippen LogP contribution in [0.1, 0.15) is 5.56 Å². The van der Waals surface area contributed by atoms with E-state index in [9.17, 15) is 26.4 Å². The van der Waals surface area contributed by atoms with Crippen LogP contribution < -0.4 is 9.74 Å². The summed E-state index contributed by atoms with van der Waals surface area (Å²) in [5, 5.41) is 0.388. The van der Waals surface area contributed by atoms with Gasteiger partial charge in [0.1, 0.15) is 0 Å². The number of fused-ring (bicyclic) bond motifs is 1. The number of aromatic nitrogens is 1. The number of pyridine rings is 1. The minimum absolute atomic E-state index is 0.106. The molecule has 1 N–H and O–H groups in total. The number of halogens is 3. The van der Waals surface area contributed by atoms with Crippen molar-refractivity contribution >= 4 is 21.0 Å². The zero-order chi connectivity index (χ0) is 15.1. The molecule has 9 heteroatoms. The largest absolute Gasteiger partial charge is 0.534 e. The predicted octanol–water partition coefficient (Wildman–Crippen LogP) is 2.06. The van der Waals surface area contributed by atoms with Gasteiger partial charge in [0.2, 0.25) is 5.56 Å². The van der Waals surface area contributed by atoms with Gasteiger partial charge < -0.3 is 9.17 Å². The summed E-state index contributed by atoms with van der Waals surface area (Å²) in [7, 11) is -5.79. The van der Waals surface area contributed by atoms with Gasteiger partial charge in [-0.15, -0.1) is 0 Å². The van der Waals surface area contributed by atoms with Crippen LogP contribution in [0.2, 0.25) is 0 Å². The van der Waals surface area contributed by atoms with E-state index < -0.39 is 26.9 Å². The molecule has 0 saturated carbocycles. The molecule has 1 aromatic carbocycles. The molecule has 1 heterocycles. The maximum atomic E-state index is 12.3. The number of nitrogens with one attached hydrogen (secondary N) is 1. The summed E-state index contributed by atoms with van der Waals surface area (Å²) in [5.41, 5.74) is -5.59. The van der Waals surface area contributed by atoms with Gasteiger partial charge in [0.25, 0.3) is 0 Å².